The molecule has 100 valence electrons. The van der Waals surface area contributed by atoms with Gasteiger partial charge in [0.15, 0.2) is 0 Å². The molecule has 0 unspecified atom stereocenters. The summed E-state index contributed by atoms with van der Waals surface area (Å²) in [6, 6.07) is 0. The number of rotatable bonds is 11. The molecule has 0 aromatic carbocycles. The van der Waals surface area contributed by atoms with Crippen molar-refractivity contribution in [1.29, 1.82) is 0 Å². The van der Waals surface area contributed by atoms with Crippen molar-refractivity contribution in [3.63, 3.8) is 0 Å². The molecule has 3 nitrogen and oxygen atoms in total. The fraction of sp³-hybridized carbons (Fsp3) is 1.00. The Hall–Kier alpha value is 0.910. The first-order valence-corrected chi connectivity index (χ1v) is 8.07. The Kier molecular flexibility index (Phi) is 15.9. The first-order valence-electron chi connectivity index (χ1n) is 6.49. The molecule has 0 saturated carbocycles. The standard InChI is InChI=1S/C12H26O3S.Na.H/c1-3-5-7-9-11-15-16(13,14)12-10-8-6-4-2;;/h3-12H2,1-2H3;;/q;+1;-1. The summed E-state index contributed by atoms with van der Waals surface area (Å²) < 4.78 is 27.7. The van der Waals surface area contributed by atoms with Gasteiger partial charge in [0, 0.05) is 0 Å². The summed E-state index contributed by atoms with van der Waals surface area (Å²) in [6.45, 7) is 4.60. The molecule has 0 aromatic rings. The van der Waals surface area contributed by atoms with E-state index in [9.17, 15) is 8.42 Å². The molecule has 0 aliphatic heterocycles. The summed E-state index contributed by atoms with van der Waals surface area (Å²) in [6.07, 6.45) is 8.15. The molecule has 5 heteroatoms. The van der Waals surface area contributed by atoms with Crippen molar-refractivity contribution in [3.05, 3.63) is 0 Å². The molecule has 0 rings (SSSR count). The van der Waals surface area contributed by atoms with E-state index in [1.54, 1.807) is 0 Å². The summed E-state index contributed by atoms with van der Waals surface area (Å²) in [5.74, 6) is 0.181. The van der Waals surface area contributed by atoms with Gasteiger partial charge >= 0.3 is 29.6 Å². The van der Waals surface area contributed by atoms with E-state index in [0.29, 0.717) is 6.61 Å². The van der Waals surface area contributed by atoms with E-state index in [-0.39, 0.29) is 36.7 Å². The van der Waals surface area contributed by atoms with Crippen LogP contribution < -0.4 is 29.6 Å². The van der Waals surface area contributed by atoms with Crippen LogP contribution in [0.4, 0.5) is 0 Å². The van der Waals surface area contributed by atoms with Crippen molar-refractivity contribution in [2.75, 3.05) is 12.4 Å². The van der Waals surface area contributed by atoms with Crippen LogP contribution in [0.3, 0.4) is 0 Å². The molecule has 0 saturated heterocycles. The van der Waals surface area contributed by atoms with Crippen LogP contribution in [0, 0.1) is 0 Å². The molecular formula is C12H27NaO3S. The zero-order valence-electron chi connectivity index (χ0n) is 12.7. The number of hydrogen-bond acceptors (Lipinski definition) is 3. The van der Waals surface area contributed by atoms with Gasteiger partial charge in [0.2, 0.25) is 0 Å². The van der Waals surface area contributed by atoms with Crippen LogP contribution in [0.5, 0.6) is 0 Å². The molecule has 0 aliphatic rings. The maximum Gasteiger partial charge on any atom is 1.00 e. The predicted octanol–water partition coefficient (Wildman–Crippen LogP) is 0.610. The number of unbranched alkanes of at least 4 members (excludes halogenated alkanes) is 6. The molecule has 0 fully saturated rings. The van der Waals surface area contributed by atoms with Crippen LogP contribution in [-0.4, -0.2) is 20.8 Å². The molecule has 0 bridgehead atoms. The van der Waals surface area contributed by atoms with Crippen molar-refractivity contribution in [3.8, 4) is 0 Å². The smallest absolute Gasteiger partial charge is 1.00 e. The minimum absolute atomic E-state index is 0. The van der Waals surface area contributed by atoms with Crippen molar-refractivity contribution >= 4 is 10.1 Å². The fourth-order valence-electron chi connectivity index (χ4n) is 1.48. The second kappa shape index (κ2) is 13.3. The Balaban J connectivity index is -0.00000112. The number of hydrogen-bond donors (Lipinski definition) is 0. The van der Waals surface area contributed by atoms with E-state index in [2.05, 4.69) is 13.8 Å². The zero-order chi connectivity index (χ0) is 12.3. The molecule has 0 aliphatic carbocycles. The van der Waals surface area contributed by atoms with Crippen LogP contribution in [0.2, 0.25) is 0 Å². The van der Waals surface area contributed by atoms with E-state index >= 15 is 0 Å². The molecule has 0 atom stereocenters. The summed E-state index contributed by atoms with van der Waals surface area (Å²) in [5.41, 5.74) is 0. The third-order valence-corrected chi connectivity index (χ3v) is 3.82. The van der Waals surface area contributed by atoms with Gasteiger partial charge in [-0.1, -0.05) is 52.4 Å². The van der Waals surface area contributed by atoms with Crippen LogP contribution in [-0.2, 0) is 14.3 Å². The molecular weight excluding hydrogens is 247 g/mol. The van der Waals surface area contributed by atoms with E-state index in [1.807, 2.05) is 0 Å². The Labute approximate surface area is 131 Å². The van der Waals surface area contributed by atoms with Gasteiger partial charge in [-0.3, -0.25) is 4.18 Å². The summed E-state index contributed by atoms with van der Waals surface area (Å²) in [5, 5.41) is 0. The van der Waals surface area contributed by atoms with Crippen molar-refractivity contribution in [2.24, 2.45) is 0 Å². The average molecular weight is 274 g/mol. The SMILES string of the molecule is CCCCCCOS(=O)(=O)CCCCCC.[H-].[Na+]. The molecule has 0 spiro atoms. The second-order valence-corrected chi connectivity index (χ2v) is 5.96. The zero-order valence-corrected chi connectivity index (χ0v) is 14.5. The first kappa shape index (κ1) is 20.2. The third kappa shape index (κ3) is 14.9. The Morgan fingerprint density at radius 2 is 1.41 bits per heavy atom. The van der Waals surface area contributed by atoms with Gasteiger partial charge in [-0.05, 0) is 12.8 Å². The minimum atomic E-state index is -3.25. The van der Waals surface area contributed by atoms with Crippen LogP contribution in [0.1, 0.15) is 66.6 Å². The van der Waals surface area contributed by atoms with E-state index in [4.69, 9.17) is 4.18 Å². The van der Waals surface area contributed by atoms with Crippen LogP contribution in [0.15, 0.2) is 0 Å². The van der Waals surface area contributed by atoms with Gasteiger partial charge < -0.3 is 1.43 Å². The van der Waals surface area contributed by atoms with Gasteiger partial charge in [-0.15, -0.1) is 0 Å². The van der Waals surface area contributed by atoms with E-state index < -0.39 is 10.1 Å². The van der Waals surface area contributed by atoms with Crippen LogP contribution >= 0.6 is 0 Å². The molecule has 0 N–H and O–H groups in total. The summed E-state index contributed by atoms with van der Waals surface area (Å²) >= 11 is 0. The monoisotopic (exact) mass is 274 g/mol. The Morgan fingerprint density at radius 1 is 0.882 bits per heavy atom. The molecule has 17 heavy (non-hydrogen) atoms. The maximum absolute atomic E-state index is 11.4. The minimum Gasteiger partial charge on any atom is -1.00 e. The molecule has 0 radical (unpaired) electrons. The van der Waals surface area contributed by atoms with Crippen molar-refractivity contribution < 1.29 is 43.6 Å². The molecule has 0 amide bonds. The second-order valence-electron chi connectivity index (χ2n) is 4.21. The Morgan fingerprint density at radius 3 is 1.94 bits per heavy atom. The third-order valence-electron chi connectivity index (χ3n) is 2.51. The Bertz CT molecular complexity index is 246. The fourth-order valence-corrected chi connectivity index (χ4v) is 2.53. The quantitative estimate of drug-likeness (QED) is 0.315. The van der Waals surface area contributed by atoms with Gasteiger partial charge in [-0.25, -0.2) is 0 Å². The molecule has 0 heterocycles. The van der Waals surface area contributed by atoms with Crippen molar-refractivity contribution in [1.82, 2.24) is 0 Å². The first-order chi connectivity index (χ1) is 7.62. The largest absolute Gasteiger partial charge is 1.00 e. The summed E-state index contributed by atoms with van der Waals surface area (Å²) in [7, 11) is -3.25. The maximum atomic E-state index is 11.4. The van der Waals surface area contributed by atoms with Gasteiger partial charge in [0.1, 0.15) is 0 Å². The van der Waals surface area contributed by atoms with Gasteiger partial charge in [0.25, 0.3) is 10.1 Å². The predicted molar refractivity (Wildman–Crippen MR) is 69.1 cm³/mol. The van der Waals surface area contributed by atoms with Gasteiger partial charge in [-0.2, -0.15) is 8.42 Å². The van der Waals surface area contributed by atoms with E-state index in [0.717, 1.165) is 51.4 Å². The van der Waals surface area contributed by atoms with E-state index in [1.165, 1.54) is 0 Å². The molecule has 0 aromatic heterocycles. The van der Waals surface area contributed by atoms with Crippen molar-refractivity contribution in [2.45, 2.75) is 65.2 Å². The summed E-state index contributed by atoms with van der Waals surface area (Å²) in [4.78, 5) is 0. The average Bonchev–Trinajstić information content (AvgIpc) is 2.24. The topological polar surface area (TPSA) is 43.4 Å². The van der Waals surface area contributed by atoms with Gasteiger partial charge in [0.05, 0.1) is 12.4 Å². The normalized spacial score (nSPS) is 11.2. The van der Waals surface area contributed by atoms with Crippen LogP contribution in [0.25, 0.3) is 0 Å².